The van der Waals surface area contributed by atoms with Crippen molar-refractivity contribution >= 4 is 17.7 Å². The van der Waals surface area contributed by atoms with Crippen molar-refractivity contribution < 1.29 is 4.79 Å². The second-order valence-corrected chi connectivity index (χ2v) is 6.92. The van der Waals surface area contributed by atoms with Gasteiger partial charge >= 0.3 is 0 Å². The summed E-state index contributed by atoms with van der Waals surface area (Å²) in [6.07, 6.45) is 11.2. The molecule has 0 saturated carbocycles. The number of likely N-dealkylation sites (N-methyl/N-ethyl adjacent to an activating group) is 1. The zero-order valence-electron chi connectivity index (χ0n) is 13.9. The van der Waals surface area contributed by atoms with Gasteiger partial charge in [-0.15, -0.1) is 11.8 Å². The van der Waals surface area contributed by atoms with Gasteiger partial charge in [-0.25, -0.2) is 0 Å². The number of carbonyl (C=O) groups excluding carboxylic acids is 1. The van der Waals surface area contributed by atoms with Gasteiger partial charge in [-0.05, 0) is 25.6 Å². The molecule has 1 N–H and O–H groups in total. The van der Waals surface area contributed by atoms with E-state index in [1.54, 1.807) is 11.8 Å². The van der Waals surface area contributed by atoms with E-state index < -0.39 is 0 Å². The quantitative estimate of drug-likeness (QED) is 0.415. The van der Waals surface area contributed by atoms with Gasteiger partial charge < -0.3 is 5.32 Å². The molecular formula is C16H34N2OS. The van der Waals surface area contributed by atoms with Gasteiger partial charge in [0.1, 0.15) is 0 Å². The van der Waals surface area contributed by atoms with Crippen molar-refractivity contribution in [3.63, 3.8) is 0 Å². The van der Waals surface area contributed by atoms with Crippen LogP contribution in [0.15, 0.2) is 0 Å². The average Bonchev–Trinajstić information content (AvgIpc) is 2.36. The van der Waals surface area contributed by atoms with E-state index in [0.29, 0.717) is 6.54 Å². The third-order valence-corrected chi connectivity index (χ3v) is 3.99. The molecule has 0 aromatic rings. The third-order valence-electron chi connectivity index (χ3n) is 3.29. The molecule has 0 aliphatic heterocycles. The normalized spacial score (nSPS) is 11.3. The van der Waals surface area contributed by atoms with Crippen molar-refractivity contribution in [3.05, 3.63) is 0 Å². The summed E-state index contributed by atoms with van der Waals surface area (Å²) in [4.78, 5) is 13.6. The van der Waals surface area contributed by atoms with E-state index in [4.69, 9.17) is 0 Å². The van der Waals surface area contributed by atoms with Gasteiger partial charge in [-0.2, -0.15) is 0 Å². The first-order valence-corrected chi connectivity index (χ1v) is 9.39. The van der Waals surface area contributed by atoms with Crippen LogP contribution in [0.25, 0.3) is 0 Å². The van der Waals surface area contributed by atoms with E-state index in [9.17, 15) is 4.79 Å². The lowest BCUT2D eigenvalue weighted by Crippen LogP contribution is -2.35. The maximum absolute atomic E-state index is 11.6. The molecule has 0 rings (SSSR count). The number of hydrogen-bond donors (Lipinski definition) is 1. The molecule has 0 saturated heterocycles. The highest BCUT2D eigenvalue weighted by Crippen LogP contribution is 2.11. The topological polar surface area (TPSA) is 32.3 Å². The number of rotatable bonds is 13. The molecule has 0 aliphatic rings. The number of amides is 1. The second-order valence-electron chi connectivity index (χ2n) is 6.09. The molecule has 3 nitrogen and oxygen atoms in total. The molecule has 0 heterocycles. The highest BCUT2D eigenvalue weighted by atomic mass is 32.2. The summed E-state index contributed by atoms with van der Waals surface area (Å²) in [6, 6.07) is 0. The predicted octanol–water partition coefficient (Wildman–Crippen LogP) is 3.74. The lowest BCUT2D eigenvalue weighted by molar-refractivity contribution is -0.121. The van der Waals surface area contributed by atoms with Gasteiger partial charge in [0.25, 0.3) is 0 Å². The van der Waals surface area contributed by atoms with Crippen LogP contribution in [0.3, 0.4) is 0 Å². The van der Waals surface area contributed by atoms with E-state index in [0.717, 1.165) is 24.8 Å². The Hall–Kier alpha value is -0.220. The summed E-state index contributed by atoms with van der Waals surface area (Å²) in [7, 11) is 1.98. The molecule has 120 valence electrons. The lowest BCUT2D eigenvalue weighted by Gasteiger charge is -2.14. The molecule has 0 aromatic carbocycles. The van der Waals surface area contributed by atoms with Crippen molar-refractivity contribution in [2.24, 2.45) is 5.92 Å². The Labute approximate surface area is 130 Å². The molecular weight excluding hydrogens is 268 g/mol. The standard InChI is InChI=1S/C16H34N2OS/c1-15(2)11-9-7-5-6-8-10-12-17-16(19)13-18(3)14-20-4/h15H,5-14H2,1-4H3,(H,17,19). The van der Waals surface area contributed by atoms with Crippen LogP contribution in [0.1, 0.15) is 58.8 Å². The smallest absolute Gasteiger partial charge is 0.234 e. The molecule has 0 aromatic heterocycles. The van der Waals surface area contributed by atoms with Crippen LogP contribution in [-0.2, 0) is 4.79 Å². The number of nitrogens with one attached hydrogen (secondary N) is 1. The molecule has 0 spiro atoms. The first-order chi connectivity index (χ1) is 9.56. The molecule has 20 heavy (non-hydrogen) atoms. The molecule has 0 fully saturated rings. The Bertz CT molecular complexity index is 235. The summed E-state index contributed by atoms with van der Waals surface area (Å²) >= 11 is 1.74. The lowest BCUT2D eigenvalue weighted by atomic mass is 10.0. The van der Waals surface area contributed by atoms with E-state index in [2.05, 4.69) is 25.4 Å². The Morgan fingerprint density at radius 1 is 1.10 bits per heavy atom. The van der Waals surface area contributed by atoms with Gasteiger partial charge in [0, 0.05) is 12.4 Å². The van der Waals surface area contributed by atoms with Crippen molar-refractivity contribution in [1.82, 2.24) is 10.2 Å². The van der Waals surface area contributed by atoms with Crippen molar-refractivity contribution in [1.29, 1.82) is 0 Å². The number of carbonyl (C=O) groups is 1. The average molecular weight is 303 g/mol. The zero-order chi connectivity index (χ0) is 15.2. The van der Waals surface area contributed by atoms with Crippen LogP contribution in [0.2, 0.25) is 0 Å². The predicted molar refractivity (Wildman–Crippen MR) is 91.2 cm³/mol. The van der Waals surface area contributed by atoms with E-state index in [1.165, 1.54) is 38.5 Å². The Morgan fingerprint density at radius 2 is 1.70 bits per heavy atom. The maximum atomic E-state index is 11.6. The largest absolute Gasteiger partial charge is 0.355 e. The minimum absolute atomic E-state index is 0.151. The third kappa shape index (κ3) is 14.2. The van der Waals surface area contributed by atoms with Gasteiger partial charge in [0.15, 0.2) is 0 Å². The number of thioether (sulfide) groups is 1. The van der Waals surface area contributed by atoms with Gasteiger partial charge in [-0.1, -0.05) is 52.4 Å². The Morgan fingerprint density at radius 3 is 2.30 bits per heavy atom. The molecule has 0 aliphatic carbocycles. The zero-order valence-corrected chi connectivity index (χ0v) is 14.7. The van der Waals surface area contributed by atoms with Gasteiger partial charge in [0.05, 0.1) is 6.54 Å². The fraction of sp³-hybridized carbons (Fsp3) is 0.938. The van der Waals surface area contributed by atoms with E-state index >= 15 is 0 Å². The number of unbranched alkanes of at least 4 members (excludes halogenated alkanes) is 5. The van der Waals surface area contributed by atoms with Crippen LogP contribution in [0.4, 0.5) is 0 Å². The maximum Gasteiger partial charge on any atom is 0.234 e. The second kappa shape index (κ2) is 13.7. The molecule has 4 heteroatoms. The van der Waals surface area contributed by atoms with Crippen LogP contribution in [-0.4, -0.2) is 43.1 Å². The first kappa shape index (κ1) is 19.8. The van der Waals surface area contributed by atoms with Crippen LogP contribution >= 0.6 is 11.8 Å². The monoisotopic (exact) mass is 302 g/mol. The molecule has 1 amide bonds. The summed E-state index contributed by atoms with van der Waals surface area (Å²) in [5, 5.41) is 3.00. The summed E-state index contributed by atoms with van der Waals surface area (Å²) in [5.74, 6) is 1.90. The summed E-state index contributed by atoms with van der Waals surface area (Å²) < 4.78 is 0. The minimum Gasteiger partial charge on any atom is -0.355 e. The highest BCUT2D eigenvalue weighted by molar-refractivity contribution is 7.98. The molecule has 0 radical (unpaired) electrons. The summed E-state index contributed by atoms with van der Waals surface area (Å²) in [5.41, 5.74) is 0. The van der Waals surface area contributed by atoms with Crippen molar-refractivity contribution in [2.75, 3.05) is 32.3 Å². The van der Waals surface area contributed by atoms with Crippen LogP contribution in [0, 0.1) is 5.92 Å². The highest BCUT2D eigenvalue weighted by Gasteiger charge is 2.04. The van der Waals surface area contributed by atoms with E-state index in [-0.39, 0.29) is 5.91 Å². The molecule has 0 unspecified atom stereocenters. The SMILES string of the molecule is CSCN(C)CC(=O)NCCCCCCCCC(C)C. The fourth-order valence-electron chi connectivity index (χ4n) is 2.18. The van der Waals surface area contributed by atoms with Crippen molar-refractivity contribution in [3.8, 4) is 0 Å². The van der Waals surface area contributed by atoms with Gasteiger partial charge in [0.2, 0.25) is 5.91 Å². The van der Waals surface area contributed by atoms with E-state index in [1.807, 2.05) is 11.9 Å². The van der Waals surface area contributed by atoms with Crippen LogP contribution in [0.5, 0.6) is 0 Å². The summed E-state index contributed by atoms with van der Waals surface area (Å²) in [6.45, 7) is 5.92. The Balaban J connectivity index is 3.25. The number of hydrogen-bond acceptors (Lipinski definition) is 3. The number of nitrogens with zero attached hydrogens (tertiary/aromatic N) is 1. The Kier molecular flexibility index (Phi) is 13.6. The van der Waals surface area contributed by atoms with Gasteiger partial charge in [-0.3, -0.25) is 9.69 Å². The fourth-order valence-corrected chi connectivity index (χ4v) is 2.71. The molecule has 0 atom stereocenters. The van der Waals surface area contributed by atoms with Crippen molar-refractivity contribution in [2.45, 2.75) is 58.8 Å². The first-order valence-electron chi connectivity index (χ1n) is 8.00. The van der Waals surface area contributed by atoms with Crippen LogP contribution < -0.4 is 5.32 Å². The minimum atomic E-state index is 0.151. The molecule has 0 bridgehead atoms.